The molecule has 4 aromatic rings. The molecule has 44 heavy (non-hydrogen) atoms. The lowest BCUT2D eigenvalue weighted by Crippen LogP contribution is -2.37. The first-order valence-electron chi connectivity index (χ1n) is 14.5. The second-order valence-corrected chi connectivity index (χ2v) is 11.0. The van der Waals surface area contributed by atoms with Gasteiger partial charge in [0.1, 0.15) is 12.4 Å². The maximum atomic E-state index is 15.1. The van der Waals surface area contributed by atoms with Crippen LogP contribution in [0.25, 0.3) is 10.9 Å². The van der Waals surface area contributed by atoms with Gasteiger partial charge < -0.3 is 30.0 Å². The molecule has 0 aliphatic carbocycles. The Balaban J connectivity index is 1.21. The van der Waals surface area contributed by atoms with Crippen LogP contribution in [0.2, 0.25) is 0 Å². The van der Waals surface area contributed by atoms with Crippen LogP contribution in [-0.4, -0.2) is 66.0 Å². The second kappa shape index (κ2) is 14.9. The van der Waals surface area contributed by atoms with Crippen molar-refractivity contribution in [2.24, 2.45) is 5.92 Å². The second-order valence-electron chi connectivity index (χ2n) is 10.6. The number of methoxy groups -OCH3 is 1. The van der Waals surface area contributed by atoms with Gasteiger partial charge in [-0.2, -0.15) is 0 Å². The average Bonchev–Trinajstić information content (AvgIpc) is 3.02. The number of hydrogen-bond acceptors (Lipinski definition) is 8. The first kappa shape index (κ1) is 31.1. The number of pyridine rings is 1. The van der Waals surface area contributed by atoms with Crippen molar-refractivity contribution in [3.8, 4) is 23.0 Å². The fourth-order valence-corrected chi connectivity index (χ4v) is 5.29. The lowest BCUT2D eigenvalue weighted by atomic mass is 9.98. The highest BCUT2D eigenvalue weighted by molar-refractivity contribution is 7.80. The minimum atomic E-state index is -0.617. The van der Waals surface area contributed by atoms with Gasteiger partial charge in [-0.15, -0.1) is 0 Å². The van der Waals surface area contributed by atoms with Gasteiger partial charge in [-0.25, -0.2) is 4.39 Å². The number of nitrogens with zero attached hydrogens (tertiary/aromatic N) is 2. The van der Waals surface area contributed by atoms with Crippen LogP contribution in [0, 0.1) is 11.7 Å². The van der Waals surface area contributed by atoms with Gasteiger partial charge in [0, 0.05) is 42.6 Å². The Bertz CT molecular complexity index is 1600. The van der Waals surface area contributed by atoms with E-state index < -0.39 is 5.82 Å². The molecule has 1 fully saturated rings. The number of nitrogens with one attached hydrogen (secondary N) is 2. The molecule has 0 unspecified atom stereocenters. The van der Waals surface area contributed by atoms with Crippen LogP contribution >= 0.6 is 12.2 Å². The van der Waals surface area contributed by atoms with Crippen LogP contribution in [0.4, 0.5) is 10.1 Å². The van der Waals surface area contributed by atoms with Gasteiger partial charge in [-0.1, -0.05) is 30.3 Å². The number of carbonyl (C=O) groups excluding carboxylic acids is 1. The van der Waals surface area contributed by atoms with Crippen LogP contribution in [0.15, 0.2) is 72.9 Å². The molecule has 9 nitrogen and oxygen atoms in total. The molecule has 1 saturated heterocycles. The maximum absolute atomic E-state index is 15.1. The van der Waals surface area contributed by atoms with Gasteiger partial charge in [0.15, 0.2) is 28.2 Å². The molecule has 1 amide bonds. The molecule has 0 bridgehead atoms. The number of hydrogen-bond donors (Lipinski definition) is 3. The molecule has 11 heteroatoms. The third kappa shape index (κ3) is 8.19. The molecule has 0 atom stereocenters. The van der Waals surface area contributed by atoms with Crippen molar-refractivity contribution in [1.29, 1.82) is 0 Å². The van der Waals surface area contributed by atoms with E-state index in [0.29, 0.717) is 46.4 Å². The Kier molecular flexibility index (Phi) is 10.5. The first-order valence-corrected chi connectivity index (χ1v) is 14.9. The van der Waals surface area contributed by atoms with E-state index in [-0.39, 0.29) is 29.8 Å². The van der Waals surface area contributed by atoms with Gasteiger partial charge in [0.2, 0.25) is 5.91 Å². The summed E-state index contributed by atoms with van der Waals surface area (Å²) in [6, 6.07) is 18.8. The summed E-state index contributed by atoms with van der Waals surface area (Å²) in [5.41, 5.74) is 1.83. The molecule has 3 aromatic carbocycles. The maximum Gasteiger partial charge on any atom is 0.230 e. The number of benzene rings is 3. The van der Waals surface area contributed by atoms with E-state index in [1.165, 1.54) is 12.1 Å². The summed E-state index contributed by atoms with van der Waals surface area (Å²) in [6.45, 7) is 3.38. The monoisotopic (exact) mass is 618 g/mol. The van der Waals surface area contributed by atoms with Crippen molar-refractivity contribution in [1.82, 2.24) is 15.2 Å². The third-order valence-electron chi connectivity index (χ3n) is 7.49. The molecule has 0 spiro atoms. The molecule has 1 aromatic heterocycles. The summed E-state index contributed by atoms with van der Waals surface area (Å²) in [7, 11) is 1.56. The molecule has 1 aliphatic rings. The van der Waals surface area contributed by atoms with Crippen LogP contribution in [0.3, 0.4) is 0 Å². The number of fused-ring (bicyclic) bond motifs is 1. The van der Waals surface area contributed by atoms with Crippen molar-refractivity contribution in [2.45, 2.75) is 19.3 Å². The third-order valence-corrected chi connectivity index (χ3v) is 7.69. The van der Waals surface area contributed by atoms with Crippen molar-refractivity contribution in [3.63, 3.8) is 0 Å². The van der Waals surface area contributed by atoms with Crippen molar-refractivity contribution in [2.75, 3.05) is 45.3 Å². The highest BCUT2D eigenvalue weighted by Crippen LogP contribution is 2.38. The van der Waals surface area contributed by atoms with Gasteiger partial charge in [-0.05, 0) is 73.9 Å². The Morgan fingerprint density at radius 3 is 2.57 bits per heavy atom. The Labute approximate surface area is 261 Å². The highest BCUT2D eigenvalue weighted by atomic mass is 32.1. The minimum absolute atomic E-state index is 0.00587. The van der Waals surface area contributed by atoms with E-state index >= 15 is 4.39 Å². The van der Waals surface area contributed by atoms with E-state index in [4.69, 9.17) is 26.4 Å². The largest absolute Gasteiger partial charge is 0.493 e. The number of amides is 1. The zero-order chi connectivity index (χ0) is 30.9. The molecule has 1 aliphatic heterocycles. The fraction of sp³-hybridized carbons (Fsp3) is 0.303. The summed E-state index contributed by atoms with van der Waals surface area (Å²) >= 11 is 5.23. The summed E-state index contributed by atoms with van der Waals surface area (Å²) in [6.07, 6.45) is 3.74. The van der Waals surface area contributed by atoms with Crippen LogP contribution in [-0.2, 0) is 11.2 Å². The normalized spacial score (nSPS) is 13.8. The van der Waals surface area contributed by atoms with E-state index in [1.807, 2.05) is 30.3 Å². The number of piperidine rings is 1. The Morgan fingerprint density at radius 2 is 1.84 bits per heavy atom. The van der Waals surface area contributed by atoms with Crippen LogP contribution in [0.1, 0.15) is 18.4 Å². The Hall–Kier alpha value is -4.32. The standard InChI is InChI=1S/C33H35FN4O5S/c1-41-30-19-25-27(20-31(30)42-16-15-38-13-10-23(21-39)11-14-38)35-12-9-28(25)43-29-8-7-24(18-26(29)34)36-33(44)37-32(40)17-22-5-3-2-4-6-22/h2-9,12,18-20,23,39H,10-11,13-17,21H2,1H3,(H2,36,37,40,44). The summed E-state index contributed by atoms with van der Waals surface area (Å²) in [5.74, 6) is 0.970. The molecular weight excluding hydrogens is 583 g/mol. The van der Waals surface area contributed by atoms with Crippen molar-refractivity contribution >= 4 is 39.8 Å². The van der Waals surface area contributed by atoms with Crippen LogP contribution in [0.5, 0.6) is 23.0 Å². The number of ether oxygens (including phenoxy) is 3. The summed E-state index contributed by atoms with van der Waals surface area (Å²) in [4.78, 5) is 19.1. The van der Waals surface area contributed by atoms with E-state index in [0.717, 1.165) is 38.0 Å². The van der Waals surface area contributed by atoms with E-state index in [2.05, 4.69) is 20.5 Å². The number of aliphatic hydroxyl groups is 1. The number of aromatic nitrogens is 1. The van der Waals surface area contributed by atoms with Crippen LogP contribution < -0.4 is 24.8 Å². The molecule has 3 N–H and O–H groups in total. The van der Waals surface area contributed by atoms with E-state index in [9.17, 15) is 9.90 Å². The van der Waals surface area contributed by atoms with Crippen molar-refractivity contribution in [3.05, 3.63) is 84.3 Å². The number of likely N-dealkylation sites (tertiary alicyclic amines) is 1. The Morgan fingerprint density at radius 1 is 1.05 bits per heavy atom. The van der Waals surface area contributed by atoms with Crippen molar-refractivity contribution < 1.29 is 28.5 Å². The smallest absolute Gasteiger partial charge is 0.230 e. The lowest BCUT2D eigenvalue weighted by Gasteiger charge is -2.30. The summed E-state index contributed by atoms with van der Waals surface area (Å²) < 4.78 is 32.7. The zero-order valence-electron chi connectivity index (χ0n) is 24.4. The molecule has 230 valence electrons. The van der Waals surface area contributed by atoms with Gasteiger partial charge in [-0.3, -0.25) is 14.7 Å². The zero-order valence-corrected chi connectivity index (χ0v) is 25.2. The van der Waals surface area contributed by atoms with Gasteiger partial charge >= 0.3 is 0 Å². The lowest BCUT2D eigenvalue weighted by molar-refractivity contribution is -0.119. The quantitative estimate of drug-likeness (QED) is 0.193. The number of halogens is 1. The minimum Gasteiger partial charge on any atom is -0.493 e. The SMILES string of the molecule is COc1cc2c(Oc3ccc(NC(=S)NC(=O)Cc4ccccc4)cc3F)ccnc2cc1OCCN1CCC(CO)CC1. The fourth-order valence-electron chi connectivity index (χ4n) is 5.06. The topological polar surface area (TPSA) is 105 Å². The predicted octanol–water partition coefficient (Wildman–Crippen LogP) is 5.31. The van der Waals surface area contributed by atoms with Gasteiger partial charge in [0.25, 0.3) is 0 Å². The molecule has 0 radical (unpaired) electrons. The highest BCUT2D eigenvalue weighted by Gasteiger charge is 2.19. The predicted molar refractivity (Wildman–Crippen MR) is 171 cm³/mol. The number of rotatable bonds is 11. The molecule has 2 heterocycles. The molecule has 0 saturated carbocycles. The summed E-state index contributed by atoms with van der Waals surface area (Å²) in [5, 5.41) is 15.5. The number of carbonyl (C=O) groups is 1. The molecular formula is C33H35FN4O5S. The average molecular weight is 619 g/mol. The molecule has 5 rings (SSSR count). The van der Waals surface area contributed by atoms with Gasteiger partial charge in [0.05, 0.1) is 19.0 Å². The number of thiocarbonyl (C=S) groups is 1. The number of anilines is 1. The number of aliphatic hydroxyl groups excluding tert-OH is 1. The van der Waals surface area contributed by atoms with E-state index in [1.54, 1.807) is 37.6 Å². The first-order chi connectivity index (χ1) is 21.4.